The Morgan fingerprint density at radius 2 is 1.62 bits per heavy atom. The largest absolute Gasteiger partial charge is 0.353 e. The standard InChI is InChI=1S/C41H65N5O4/c1-27-8-15-41(49-25-27)28(2)38-35(50-41)23-34-32-7-6-29-22-30(9-13-39(29,3)33(32)10-14-40(34,38)4)43-36(47)24-37(48)46-20-18-45(19-21-46)31-11-16-44(17-12-31)26-42-5/h27-35,38H,6-26H2,1-4H3,(H,43,47)/t27-,28-,29?,30+,32+,33?,34-,35?,38-,39-,40-,41+/m0/s1. The Balaban J connectivity index is 0.813. The van der Waals surface area contributed by atoms with Crippen LogP contribution in [0.1, 0.15) is 111 Å². The smallest absolute Gasteiger partial charge is 0.270 e. The molecule has 1 spiro atoms. The SMILES string of the molecule is [C-]#[N+]CN1CCC(N2CCN(C(=O)CC(=O)N[C@@H]3CC[C@@]4(C)C(CC[C@@H]5C4CC[C@]4(C)[C@@H]6C(C[C@@H]54)O[C@]4(CC[C@H](C)CO4)[C@H]6C)C3)CC2)CC1. The number of fused-ring (bicyclic) bond motifs is 7. The lowest BCUT2D eigenvalue weighted by atomic mass is 9.44. The van der Waals surface area contributed by atoms with Crippen molar-refractivity contribution < 1.29 is 19.1 Å². The Kier molecular flexibility index (Phi) is 9.60. The molecule has 4 aliphatic carbocycles. The Bertz CT molecular complexity index is 1310. The number of carbonyl (C=O) groups is 2. The van der Waals surface area contributed by atoms with E-state index in [2.05, 4.69) is 47.7 Å². The Hall–Kier alpha value is -1.73. The summed E-state index contributed by atoms with van der Waals surface area (Å²) in [5, 5.41) is 3.34. The first kappa shape index (κ1) is 35.3. The molecule has 0 bridgehead atoms. The summed E-state index contributed by atoms with van der Waals surface area (Å²) in [5.74, 6) is 4.27. The van der Waals surface area contributed by atoms with Crippen molar-refractivity contribution in [3.63, 3.8) is 0 Å². The molecule has 50 heavy (non-hydrogen) atoms. The van der Waals surface area contributed by atoms with Crippen LogP contribution in [-0.4, -0.2) is 103 Å². The highest BCUT2D eigenvalue weighted by molar-refractivity contribution is 5.97. The monoisotopic (exact) mass is 692 g/mol. The van der Waals surface area contributed by atoms with Gasteiger partial charge in [0.25, 0.3) is 6.67 Å². The molecule has 0 radical (unpaired) electrons. The van der Waals surface area contributed by atoms with Crippen LogP contribution in [-0.2, 0) is 19.1 Å². The molecule has 4 aliphatic heterocycles. The number of hydrogen-bond acceptors (Lipinski definition) is 6. The van der Waals surface area contributed by atoms with Gasteiger partial charge in [0.15, 0.2) is 5.79 Å². The van der Waals surface area contributed by atoms with E-state index in [0.717, 1.165) is 82.6 Å². The van der Waals surface area contributed by atoms with Crippen molar-refractivity contribution in [2.24, 2.45) is 52.3 Å². The summed E-state index contributed by atoms with van der Waals surface area (Å²) in [6.07, 6.45) is 14.6. The summed E-state index contributed by atoms with van der Waals surface area (Å²) in [5.41, 5.74) is 0.703. The maximum atomic E-state index is 13.2. The van der Waals surface area contributed by atoms with Gasteiger partial charge >= 0.3 is 0 Å². The van der Waals surface area contributed by atoms with E-state index in [1.165, 1.54) is 44.9 Å². The molecule has 9 heteroatoms. The molecule has 2 amide bonds. The molecule has 3 unspecified atom stereocenters. The maximum absolute atomic E-state index is 13.2. The molecule has 8 rings (SSSR count). The number of nitrogens with zero attached hydrogens (tertiary/aromatic N) is 4. The lowest BCUT2D eigenvalue weighted by Crippen LogP contribution is -2.56. The minimum absolute atomic E-state index is 0.0180. The van der Waals surface area contributed by atoms with E-state index in [9.17, 15) is 9.59 Å². The second-order valence-electron chi connectivity index (χ2n) is 19.0. The van der Waals surface area contributed by atoms with Gasteiger partial charge < -0.3 is 19.7 Å². The van der Waals surface area contributed by atoms with Crippen molar-refractivity contribution in [2.75, 3.05) is 52.5 Å². The summed E-state index contributed by atoms with van der Waals surface area (Å²) in [6.45, 7) is 23.6. The zero-order valence-corrected chi connectivity index (χ0v) is 31.5. The van der Waals surface area contributed by atoms with E-state index in [-0.39, 0.29) is 30.1 Å². The molecule has 0 aromatic carbocycles. The molecule has 4 saturated carbocycles. The summed E-state index contributed by atoms with van der Waals surface area (Å²) in [4.78, 5) is 36.6. The fourth-order valence-electron chi connectivity index (χ4n) is 13.8. The topological polar surface area (TPSA) is 78.7 Å². The van der Waals surface area contributed by atoms with Gasteiger partial charge in [-0.15, -0.1) is 0 Å². The highest BCUT2D eigenvalue weighted by Gasteiger charge is 2.69. The molecule has 9 nitrogen and oxygen atoms in total. The van der Waals surface area contributed by atoms with Gasteiger partial charge in [0.2, 0.25) is 11.8 Å². The predicted octanol–water partition coefficient (Wildman–Crippen LogP) is 5.79. The fraction of sp³-hybridized carbons (Fsp3) is 0.927. The lowest BCUT2D eigenvalue weighted by Gasteiger charge is -2.61. The van der Waals surface area contributed by atoms with Gasteiger partial charge in [-0.05, 0) is 117 Å². The van der Waals surface area contributed by atoms with Crippen LogP contribution in [0.4, 0.5) is 0 Å². The van der Waals surface area contributed by atoms with Gasteiger partial charge in [0.05, 0.1) is 12.7 Å². The van der Waals surface area contributed by atoms with Gasteiger partial charge in [-0.2, -0.15) is 0 Å². The summed E-state index contributed by atoms with van der Waals surface area (Å²) >= 11 is 0. The van der Waals surface area contributed by atoms with Crippen LogP contribution in [0, 0.1) is 58.8 Å². The molecule has 278 valence electrons. The second-order valence-corrected chi connectivity index (χ2v) is 19.0. The molecule has 8 fully saturated rings. The van der Waals surface area contributed by atoms with Gasteiger partial charge in [-0.25, -0.2) is 11.5 Å². The Labute approximate surface area is 301 Å². The third-order valence-corrected chi connectivity index (χ3v) is 16.6. The predicted molar refractivity (Wildman–Crippen MR) is 192 cm³/mol. The van der Waals surface area contributed by atoms with Crippen LogP contribution >= 0.6 is 0 Å². The summed E-state index contributed by atoms with van der Waals surface area (Å²) in [6, 6.07) is 0.741. The molecule has 1 N–H and O–H groups in total. The average Bonchev–Trinajstić information content (AvgIpc) is 3.56. The number of carbonyl (C=O) groups excluding carboxylic acids is 2. The number of rotatable bonds is 5. The molecule has 0 aromatic rings. The number of amides is 2. The number of nitrogens with one attached hydrogen (secondary N) is 1. The molecule has 12 atom stereocenters. The zero-order chi connectivity index (χ0) is 34.8. The quantitative estimate of drug-likeness (QED) is 0.291. The van der Waals surface area contributed by atoms with Gasteiger partial charge in [-0.1, -0.05) is 27.7 Å². The van der Waals surface area contributed by atoms with Gasteiger partial charge in [0.1, 0.15) is 6.42 Å². The van der Waals surface area contributed by atoms with Crippen LogP contribution in [0.5, 0.6) is 0 Å². The van der Waals surface area contributed by atoms with Crippen molar-refractivity contribution in [3.8, 4) is 0 Å². The van der Waals surface area contributed by atoms with E-state index >= 15 is 0 Å². The highest BCUT2D eigenvalue weighted by Crippen LogP contribution is 2.71. The third-order valence-electron chi connectivity index (χ3n) is 16.6. The van der Waals surface area contributed by atoms with Crippen LogP contribution in [0.3, 0.4) is 0 Å². The average molecular weight is 692 g/mol. The van der Waals surface area contributed by atoms with Crippen LogP contribution in [0.15, 0.2) is 0 Å². The molecule has 4 heterocycles. The van der Waals surface area contributed by atoms with Crippen LogP contribution in [0.25, 0.3) is 4.85 Å². The highest BCUT2D eigenvalue weighted by atomic mass is 16.7. The molecular weight excluding hydrogens is 626 g/mol. The van der Waals surface area contributed by atoms with Crippen molar-refractivity contribution in [1.29, 1.82) is 0 Å². The van der Waals surface area contributed by atoms with Crippen molar-refractivity contribution in [3.05, 3.63) is 11.4 Å². The molecule has 8 aliphatic rings. The first-order valence-corrected chi connectivity index (χ1v) is 20.7. The van der Waals surface area contributed by atoms with E-state index < -0.39 is 0 Å². The fourth-order valence-corrected chi connectivity index (χ4v) is 13.8. The van der Waals surface area contributed by atoms with E-state index in [0.29, 0.717) is 66.4 Å². The molecule has 0 aromatic heterocycles. The molecule has 4 saturated heterocycles. The summed E-state index contributed by atoms with van der Waals surface area (Å²) < 4.78 is 13.5. The minimum atomic E-state index is -0.336. The number of piperidine rings is 1. The second kappa shape index (κ2) is 13.6. The van der Waals surface area contributed by atoms with Crippen LogP contribution < -0.4 is 5.32 Å². The van der Waals surface area contributed by atoms with Crippen LogP contribution in [0.2, 0.25) is 0 Å². The Morgan fingerprint density at radius 3 is 2.34 bits per heavy atom. The minimum Gasteiger partial charge on any atom is -0.353 e. The lowest BCUT2D eigenvalue weighted by molar-refractivity contribution is -0.273. The third kappa shape index (κ3) is 6.04. The van der Waals surface area contributed by atoms with E-state index in [1.54, 1.807) is 0 Å². The maximum Gasteiger partial charge on any atom is 0.270 e. The van der Waals surface area contributed by atoms with E-state index in [1.807, 2.05) is 4.90 Å². The van der Waals surface area contributed by atoms with E-state index in [4.69, 9.17) is 16.0 Å². The number of piperazine rings is 1. The zero-order valence-electron chi connectivity index (χ0n) is 31.5. The Morgan fingerprint density at radius 1 is 0.860 bits per heavy atom. The van der Waals surface area contributed by atoms with Crippen molar-refractivity contribution in [2.45, 2.75) is 135 Å². The van der Waals surface area contributed by atoms with Gasteiger partial charge in [0, 0.05) is 63.7 Å². The summed E-state index contributed by atoms with van der Waals surface area (Å²) in [7, 11) is 0. The van der Waals surface area contributed by atoms with Crippen molar-refractivity contribution in [1.82, 2.24) is 20.0 Å². The van der Waals surface area contributed by atoms with Crippen molar-refractivity contribution >= 4 is 11.8 Å². The first-order valence-electron chi connectivity index (χ1n) is 20.7. The number of hydrogen-bond donors (Lipinski definition) is 1. The molecular formula is C41H65N5O4. The normalized spacial score (nSPS) is 46.8. The number of ether oxygens (including phenoxy) is 2. The number of likely N-dealkylation sites (tertiary alicyclic amines) is 1. The van der Waals surface area contributed by atoms with Gasteiger partial charge in [-0.3, -0.25) is 19.3 Å². The first-order chi connectivity index (χ1) is 24.0.